The number of benzene rings is 5. The van der Waals surface area contributed by atoms with Crippen LogP contribution in [0.5, 0.6) is 28.7 Å². The molecule has 6 N–H and O–H groups in total. The van der Waals surface area contributed by atoms with Gasteiger partial charge in [-0.1, -0.05) is 69.1 Å². The third kappa shape index (κ3) is 19.4. The molecule has 13 heterocycles. The van der Waals surface area contributed by atoms with Crippen LogP contribution < -0.4 is 50.3 Å². The maximum absolute atomic E-state index is 13.4. The quantitative estimate of drug-likeness (QED) is 0.0313. The summed E-state index contributed by atoms with van der Waals surface area (Å²) in [5, 5.41) is 26.4. The van der Waals surface area contributed by atoms with Gasteiger partial charge in [-0.15, -0.1) is 5.10 Å². The number of fused-ring (bicyclic) bond motifs is 7. The molecular weight excluding hydrogens is 1730 g/mol. The molecule has 6 aliphatic heterocycles. The zero-order valence-corrected chi connectivity index (χ0v) is 76.6. The van der Waals surface area contributed by atoms with E-state index in [0.29, 0.717) is 187 Å². The van der Waals surface area contributed by atoms with Crippen LogP contribution in [0.25, 0.3) is 50.2 Å². The van der Waals surface area contributed by atoms with E-state index in [-0.39, 0.29) is 88.9 Å². The molecule has 40 heteroatoms. The first-order valence-corrected chi connectivity index (χ1v) is 46.8. The number of para-hydroxylation sites is 1. The van der Waals surface area contributed by atoms with Gasteiger partial charge < -0.3 is 78.9 Å². The summed E-state index contributed by atoms with van der Waals surface area (Å²) in [5.74, 6) is 4.96. The van der Waals surface area contributed by atoms with Crippen molar-refractivity contribution in [2.24, 2.45) is 7.05 Å². The fourth-order valence-corrected chi connectivity index (χ4v) is 20.2. The number of hydrogen-bond acceptors (Lipinski definition) is 27. The molecule has 37 nitrogen and oxygen atoms in total. The van der Waals surface area contributed by atoms with Crippen molar-refractivity contribution in [2.45, 2.75) is 127 Å². The van der Waals surface area contributed by atoms with E-state index in [1.54, 1.807) is 105 Å². The third-order valence-electron chi connectivity index (χ3n) is 23.7. The fourth-order valence-electron chi connectivity index (χ4n) is 17.0. The zero-order valence-electron chi connectivity index (χ0n) is 74.2. The molecule has 4 fully saturated rings. The van der Waals surface area contributed by atoms with Gasteiger partial charge in [0.25, 0.3) is 17.0 Å². The molecule has 6 aliphatic rings. The lowest BCUT2D eigenvalue weighted by atomic mass is 9.86. The molecule has 7 aromatic heterocycles. The SMILES string of the molecule is CCCc1nc(C)c2c(=O)[nH]c(-c3cc(S(=O)(=O)N4CCN(CC)CC4)ccc3OCC)nn12.CCCc1nn(C)c2c(=O)[nH]c(-c3cc(S(=O)(=O)N4CCN(C)CC4)ccc3OCC)nc12.CN1CC(=O)N2C(Cc3c([nH]c4ccccc34)[C@H]2c2ccc3c(c2)OCO3)C1=O.COc1ccc(CNc2nc(N3CCC[C@H]3CO)ncc2C(=O)NCc2ncccn2)cc1Cl. The number of aliphatic hydroxyl groups excluding tert-OH is 1. The van der Waals surface area contributed by atoms with E-state index in [4.69, 9.17) is 40.3 Å². The van der Waals surface area contributed by atoms with Crippen LogP contribution in [-0.2, 0) is 69.0 Å². The summed E-state index contributed by atoms with van der Waals surface area (Å²) in [6.07, 6.45) is 10.1. The first-order chi connectivity index (χ1) is 62.7. The Balaban J connectivity index is 0.000000133. The van der Waals surface area contributed by atoms with Crippen LogP contribution in [0.2, 0.25) is 5.02 Å². The summed E-state index contributed by atoms with van der Waals surface area (Å²) in [6.45, 7) is 19.4. The molecular formula is C90H107ClN22O15S2. The number of piperazine rings is 3. The highest BCUT2D eigenvalue weighted by molar-refractivity contribution is 7.89. The Bertz CT molecular complexity index is 6540. The largest absolute Gasteiger partial charge is 0.495 e. The second-order valence-electron chi connectivity index (χ2n) is 32.2. The number of aromatic nitrogens is 13. The van der Waals surface area contributed by atoms with Crippen molar-refractivity contribution in [2.75, 3.05) is 130 Å². The Morgan fingerprint density at radius 3 is 2.02 bits per heavy atom. The Kier molecular flexibility index (Phi) is 28.6. The predicted octanol–water partition coefficient (Wildman–Crippen LogP) is 8.32. The number of H-pyrrole nitrogens is 3. The second kappa shape index (κ2) is 40.2. The number of amides is 3. The number of ether oxygens (including phenoxy) is 5. The van der Waals surface area contributed by atoms with Crippen LogP contribution >= 0.6 is 11.6 Å². The minimum Gasteiger partial charge on any atom is -0.495 e. The van der Waals surface area contributed by atoms with Gasteiger partial charge in [-0.25, -0.2) is 46.3 Å². The van der Waals surface area contributed by atoms with Gasteiger partial charge in [0.05, 0.1) is 89.4 Å². The average molecular weight is 1840 g/mol. The lowest BCUT2D eigenvalue weighted by molar-refractivity contribution is -0.157. The number of nitrogens with zero attached hydrogens (tertiary/aromatic N) is 17. The molecule has 12 aromatic rings. The minimum atomic E-state index is -3.71. The number of imidazole rings is 1. The van der Waals surface area contributed by atoms with E-state index in [1.807, 2.05) is 82.1 Å². The van der Waals surface area contributed by atoms with Crippen molar-refractivity contribution in [1.82, 2.24) is 97.8 Å². The van der Waals surface area contributed by atoms with E-state index >= 15 is 0 Å². The maximum Gasteiger partial charge on any atom is 0.277 e. The fraction of sp³-hybridized carbons (Fsp3) is 0.411. The molecule has 5 aromatic carbocycles. The van der Waals surface area contributed by atoms with E-state index in [1.165, 1.54) is 24.4 Å². The van der Waals surface area contributed by atoms with Crippen molar-refractivity contribution in [1.29, 1.82) is 0 Å². The number of aliphatic hydroxyl groups is 1. The standard InChI is InChI=1S/C23H26ClN7O3.C23H32N6O4S.C22H30N6O4S.C22H19N3O4/c1-34-19-6-5-15(10-18(19)24)11-27-21-17(22(33)28-13-20-25-7-3-8-26-20)12-29-23(30-21)31-9-2-4-16(31)14-32;1-5-8-20-24-16(4)21-23(30)25-22(26-29(20)21)18-15-17(9-10-19(18)33-7-3)34(31,32)28-13-11-27(6-2)12-14-28;1-5-7-17-19-20(27(4)25-17)22(29)24-21(23-19)16-14-15(8-9-18(16)32-6-2)33(30,31)28-12-10-26(3)11-13-28;1-24-10-19(26)25-16(22(24)27)9-14-13-4-2-3-5-15(13)23-20(14)21(25)12-6-7-17-18(8-12)29-11-28-17/h3,5-8,10,12,16,32H,2,4,9,11,13-14H2,1H3,(H,28,33)(H,27,29,30);9-10,15H,5-8,11-14H2,1-4H3,(H,25,26,30);8-9,14H,5-7,10-13H2,1-4H3,(H,23,24,29);2-8,16,21,23H,9-11H2,1H3/t16-;;;16?,21-/m0..1/s1. The molecule has 3 amide bonds. The van der Waals surface area contributed by atoms with Crippen LogP contribution in [0, 0.1) is 6.92 Å². The molecule has 18 rings (SSSR count). The lowest BCUT2D eigenvalue weighted by Gasteiger charge is -2.46. The number of carbonyl (C=O) groups is 3. The number of halogens is 1. The average Bonchev–Trinajstić information content (AvgIpc) is 1.52. The molecule has 686 valence electrons. The Hall–Kier alpha value is -12.5. The summed E-state index contributed by atoms with van der Waals surface area (Å²) in [7, 11) is -0.465. The van der Waals surface area contributed by atoms with Gasteiger partial charge in [0, 0.05) is 128 Å². The molecule has 0 aliphatic carbocycles. The minimum absolute atomic E-state index is 0.0220. The van der Waals surface area contributed by atoms with Gasteiger partial charge in [0.15, 0.2) is 28.4 Å². The van der Waals surface area contributed by atoms with Gasteiger partial charge >= 0.3 is 0 Å². The number of hydrogen-bond donors (Lipinski definition) is 6. The predicted molar refractivity (Wildman–Crippen MR) is 489 cm³/mol. The molecule has 130 heavy (non-hydrogen) atoms. The third-order valence-corrected chi connectivity index (χ3v) is 27.8. The molecule has 0 radical (unpaired) electrons. The molecule has 3 atom stereocenters. The highest BCUT2D eigenvalue weighted by Crippen LogP contribution is 2.46. The van der Waals surface area contributed by atoms with Gasteiger partial charge in [0.1, 0.15) is 57.7 Å². The van der Waals surface area contributed by atoms with Crippen molar-refractivity contribution >= 4 is 88.6 Å². The van der Waals surface area contributed by atoms with Crippen molar-refractivity contribution in [3.63, 3.8) is 0 Å². The van der Waals surface area contributed by atoms with Gasteiger partial charge in [-0.05, 0) is 150 Å². The van der Waals surface area contributed by atoms with Crippen molar-refractivity contribution in [3.8, 4) is 51.5 Å². The van der Waals surface area contributed by atoms with E-state index < -0.39 is 26.1 Å². The van der Waals surface area contributed by atoms with Crippen LogP contribution in [0.4, 0.5) is 11.8 Å². The Morgan fingerprint density at radius 2 is 1.35 bits per heavy atom. The number of rotatable bonds is 25. The number of methoxy groups -OCH3 is 1. The first-order valence-electron chi connectivity index (χ1n) is 43.6. The molecule has 1 unspecified atom stereocenters. The maximum atomic E-state index is 13.4. The van der Waals surface area contributed by atoms with E-state index in [0.717, 1.165) is 77.8 Å². The zero-order chi connectivity index (χ0) is 91.8. The number of likely N-dealkylation sites (N-methyl/N-ethyl adjacent to an activating group) is 3. The van der Waals surface area contributed by atoms with Crippen LogP contribution in [0.1, 0.15) is 122 Å². The Morgan fingerprint density at radius 1 is 0.685 bits per heavy atom. The molecule has 0 spiro atoms. The smallest absolute Gasteiger partial charge is 0.277 e. The second-order valence-corrected chi connectivity index (χ2v) is 36.4. The summed E-state index contributed by atoms with van der Waals surface area (Å²) < 4.78 is 87.3. The van der Waals surface area contributed by atoms with Gasteiger partial charge in [-0.3, -0.25) is 28.7 Å². The van der Waals surface area contributed by atoms with Gasteiger partial charge in [-0.2, -0.15) is 18.7 Å². The normalized spacial score (nSPS) is 17.2. The van der Waals surface area contributed by atoms with E-state index in [9.17, 15) is 45.9 Å². The van der Waals surface area contributed by atoms with Crippen molar-refractivity contribution in [3.05, 3.63) is 198 Å². The van der Waals surface area contributed by atoms with Gasteiger partial charge in [0.2, 0.25) is 44.6 Å². The first kappa shape index (κ1) is 92.2. The van der Waals surface area contributed by atoms with Crippen LogP contribution in [-0.4, -0.2) is 264 Å². The molecule has 4 saturated heterocycles. The number of aromatic amines is 3. The summed E-state index contributed by atoms with van der Waals surface area (Å²) in [6, 6.07) is 29.5. The number of nitrogens with one attached hydrogen (secondary N) is 5. The summed E-state index contributed by atoms with van der Waals surface area (Å²) in [5.41, 5.74) is 7.99. The number of sulfonamides is 2. The summed E-state index contributed by atoms with van der Waals surface area (Å²) >= 11 is 6.25. The van der Waals surface area contributed by atoms with E-state index in [2.05, 4.69) is 83.5 Å². The topological polar surface area (TPSA) is 427 Å². The van der Waals surface area contributed by atoms with Crippen LogP contribution in [0.15, 0.2) is 141 Å². The van der Waals surface area contributed by atoms with Crippen molar-refractivity contribution < 1.29 is 60.0 Å². The Labute approximate surface area is 756 Å². The number of carbonyl (C=O) groups excluding carboxylic acids is 3. The number of aryl methyl sites for hydroxylation is 4. The monoisotopic (exact) mass is 1830 g/mol. The highest BCUT2D eigenvalue weighted by atomic mass is 35.5. The molecule has 0 bridgehead atoms. The molecule has 0 saturated carbocycles. The number of anilines is 2. The summed E-state index contributed by atoms with van der Waals surface area (Å²) in [4.78, 5) is 110. The highest BCUT2D eigenvalue weighted by Gasteiger charge is 2.48. The van der Waals surface area contributed by atoms with Crippen LogP contribution in [0.3, 0.4) is 0 Å². The lowest BCUT2D eigenvalue weighted by Crippen LogP contribution is -2.62.